The Morgan fingerprint density at radius 1 is 0.962 bits per heavy atom. The van der Waals surface area contributed by atoms with E-state index in [1.54, 1.807) is 0 Å². The molecule has 4 heteroatoms. The van der Waals surface area contributed by atoms with Gasteiger partial charge in [0.2, 0.25) is 5.69 Å². The Morgan fingerprint density at radius 3 is 2.46 bits per heavy atom. The molecule has 3 heterocycles. The monoisotopic (exact) mass is 346 g/mol. The molecule has 1 aliphatic rings. The molecular weight excluding hydrogens is 320 g/mol. The molecule has 3 aromatic rings. The van der Waals surface area contributed by atoms with E-state index < -0.39 is 0 Å². The van der Waals surface area contributed by atoms with Gasteiger partial charge in [-0.15, -0.1) is 0 Å². The highest BCUT2D eigenvalue weighted by molar-refractivity contribution is 5.81. The second-order valence-electron chi connectivity index (χ2n) is 7.15. The predicted molar refractivity (Wildman–Crippen MR) is 105 cm³/mol. The van der Waals surface area contributed by atoms with E-state index in [1.807, 2.05) is 0 Å². The van der Waals surface area contributed by atoms with E-state index in [-0.39, 0.29) is 6.17 Å². The maximum absolute atomic E-state index is 3.59. The van der Waals surface area contributed by atoms with Crippen LogP contribution < -0.4 is 19.4 Å². The van der Waals surface area contributed by atoms with Gasteiger partial charge >= 0.3 is 0 Å². The second kappa shape index (κ2) is 6.13. The number of benzene rings is 1. The first-order valence-corrected chi connectivity index (χ1v) is 9.09. The summed E-state index contributed by atoms with van der Waals surface area (Å²) in [6.45, 7) is 6.60. The molecule has 132 valence electrons. The van der Waals surface area contributed by atoms with Crippen molar-refractivity contribution in [3.05, 3.63) is 65.9 Å². The van der Waals surface area contributed by atoms with E-state index in [9.17, 15) is 0 Å². The zero-order valence-corrected chi connectivity index (χ0v) is 16.1. The maximum Gasteiger partial charge on any atom is 0.286 e. The molecule has 1 atom stereocenters. The predicted octanol–water partition coefficient (Wildman–Crippen LogP) is 3.53. The van der Waals surface area contributed by atoms with Crippen molar-refractivity contribution in [3.63, 3.8) is 0 Å². The van der Waals surface area contributed by atoms with Crippen LogP contribution >= 0.6 is 0 Å². The number of nitrogens with zero attached hydrogens (tertiary/aromatic N) is 3. The molecule has 26 heavy (non-hydrogen) atoms. The molecule has 0 radical (unpaired) electrons. The lowest BCUT2D eigenvalue weighted by molar-refractivity contribution is -0.684. The van der Waals surface area contributed by atoms with Gasteiger partial charge in [-0.2, -0.15) is 4.57 Å². The van der Waals surface area contributed by atoms with Gasteiger partial charge in [-0.3, -0.25) is 0 Å². The zero-order chi connectivity index (χ0) is 18.4. The summed E-state index contributed by atoms with van der Waals surface area (Å²) >= 11 is 0. The Morgan fingerprint density at radius 2 is 1.69 bits per heavy atom. The summed E-state index contributed by atoms with van der Waals surface area (Å²) in [4.78, 5) is 2.40. The number of rotatable bonds is 2. The van der Waals surface area contributed by atoms with Crippen molar-refractivity contribution in [2.75, 3.05) is 10.2 Å². The Kier molecular flexibility index (Phi) is 3.91. The third-order valence-electron chi connectivity index (χ3n) is 5.25. The van der Waals surface area contributed by atoms with Crippen LogP contribution in [0.1, 0.15) is 18.1 Å². The fraction of sp³-hybridized carbons (Fsp3) is 0.273. The molecule has 4 rings (SSSR count). The largest absolute Gasteiger partial charge is 0.344 e. The molecule has 0 unspecified atom stereocenters. The molecule has 2 aromatic heterocycles. The third kappa shape index (κ3) is 2.45. The highest BCUT2D eigenvalue weighted by Crippen LogP contribution is 2.40. The summed E-state index contributed by atoms with van der Waals surface area (Å²) in [6, 6.07) is 17.2. The SMILES string of the molecule is Cc1cc(C)c(N2c3ccccc3N[C@H]2C)[n+](C)c1-c1cccc[n+]1C. The second-order valence-corrected chi connectivity index (χ2v) is 7.15. The van der Waals surface area contributed by atoms with Crippen LogP contribution in [0.4, 0.5) is 17.2 Å². The van der Waals surface area contributed by atoms with Gasteiger partial charge in [0.15, 0.2) is 18.1 Å². The molecule has 4 nitrogen and oxygen atoms in total. The van der Waals surface area contributed by atoms with E-state index in [4.69, 9.17) is 0 Å². The van der Waals surface area contributed by atoms with Gasteiger partial charge in [0.1, 0.15) is 7.05 Å². The zero-order valence-electron chi connectivity index (χ0n) is 16.1. The molecule has 0 spiro atoms. The Labute approximate surface area is 155 Å². The first-order chi connectivity index (χ1) is 12.5. The minimum atomic E-state index is 0.206. The highest BCUT2D eigenvalue weighted by Gasteiger charge is 2.38. The summed E-state index contributed by atoms with van der Waals surface area (Å²) < 4.78 is 4.52. The summed E-state index contributed by atoms with van der Waals surface area (Å²) in [5.41, 5.74) is 7.42. The molecule has 0 aliphatic carbocycles. The van der Waals surface area contributed by atoms with Crippen molar-refractivity contribution in [2.24, 2.45) is 14.1 Å². The van der Waals surface area contributed by atoms with E-state index >= 15 is 0 Å². The van der Waals surface area contributed by atoms with Crippen LogP contribution in [-0.4, -0.2) is 6.17 Å². The lowest BCUT2D eigenvalue weighted by Gasteiger charge is -2.21. The number of aromatic nitrogens is 2. The molecule has 1 N–H and O–H groups in total. The van der Waals surface area contributed by atoms with E-state index in [0.717, 1.165) is 0 Å². The first-order valence-electron chi connectivity index (χ1n) is 9.09. The summed E-state index contributed by atoms with van der Waals surface area (Å²) in [7, 11) is 4.27. The van der Waals surface area contributed by atoms with Crippen molar-refractivity contribution in [3.8, 4) is 11.4 Å². The van der Waals surface area contributed by atoms with Gasteiger partial charge < -0.3 is 5.32 Å². The number of para-hydroxylation sites is 2. The molecule has 0 saturated carbocycles. The van der Waals surface area contributed by atoms with Crippen molar-refractivity contribution in [2.45, 2.75) is 26.9 Å². The van der Waals surface area contributed by atoms with E-state index in [2.05, 4.69) is 109 Å². The Hall–Kier alpha value is -2.88. The number of fused-ring (bicyclic) bond motifs is 1. The van der Waals surface area contributed by atoms with Gasteiger partial charge in [-0.05, 0) is 45.0 Å². The van der Waals surface area contributed by atoms with Gasteiger partial charge in [0, 0.05) is 23.3 Å². The quantitative estimate of drug-likeness (QED) is 0.718. The smallest absolute Gasteiger partial charge is 0.286 e. The Bertz CT molecular complexity index is 993. The Balaban J connectivity index is 1.97. The molecule has 0 saturated heterocycles. The van der Waals surface area contributed by atoms with Crippen LogP contribution in [0.5, 0.6) is 0 Å². The minimum absolute atomic E-state index is 0.206. The van der Waals surface area contributed by atoms with Gasteiger partial charge in [0.05, 0.1) is 12.7 Å². The highest BCUT2D eigenvalue weighted by atomic mass is 15.4. The molecule has 1 aliphatic heterocycles. The molecule has 0 amide bonds. The summed E-state index contributed by atoms with van der Waals surface area (Å²) in [5, 5.41) is 3.59. The minimum Gasteiger partial charge on any atom is -0.344 e. The number of hydrogen-bond donors (Lipinski definition) is 1. The van der Waals surface area contributed by atoms with Crippen LogP contribution in [0.3, 0.4) is 0 Å². The van der Waals surface area contributed by atoms with Crippen LogP contribution in [0.25, 0.3) is 11.4 Å². The maximum atomic E-state index is 3.59. The van der Waals surface area contributed by atoms with E-state index in [1.165, 1.54) is 39.7 Å². The van der Waals surface area contributed by atoms with Crippen LogP contribution in [-0.2, 0) is 14.1 Å². The third-order valence-corrected chi connectivity index (χ3v) is 5.25. The van der Waals surface area contributed by atoms with Crippen LogP contribution in [0.15, 0.2) is 54.7 Å². The van der Waals surface area contributed by atoms with Crippen molar-refractivity contribution in [1.29, 1.82) is 0 Å². The number of hydrogen-bond acceptors (Lipinski definition) is 2. The normalized spacial score (nSPS) is 15.7. The standard InChI is InChI=1S/C22H25N4/c1-15-14-16(2)22(25(5)21(15)20-12-8-9-13-24(20)4)26-17(3)23-18-10-6-7-11-19(18)26/h6-14,17H,1-5H3/q+1/p+1/t17-/m1/s1. The lowest BCUT2D eigenvalue weighted by atomic mass is 10.1. The number of pyridine rings is 2. The average Bonchev–Trinajstić information content (AvgIpc) is 2.92. The van der Waals surface area contributed by atoms with Crippen LogP contribution in [0, 0.1) is 13.8 Å². The average molecular weight is 346 g/mol. The number of nitrogens with one attached hydrogen (secondary N) is 1. The van der Waals surface area contributed by atoms with Crippen molar-refractivity contribution >= 4 is 17.2 Å². The molecule has 1 aromatic carbocycles. The summed E-state index contributed by atoms with van der Waals surface area (Å²) in [6.07, 6.45) is 2.31. The molecular formula is C22H26N4+2. The number of anilines is 3. The fourth-order valence-corrected chi connectivity index (χ4v) is 4.19. The topological polar surface area (TPSA) is 23.0 Å². The van der Waals surface area contributed by atoms with E-state index in [0.29, 0.717) is 0 Å². The lowest BCUT2D eigenvalue weighted by Crippen LogP contribution is -2.45. The molecule has 0 bridgehead atoms. The first kappa shape index (κ1) is 16.6. The van der Waals surface area contributed by atoms with Crippen molar-refractivity contribution in [1.82, 2.24) is 0 Å². The number of aryl methyl sites for hydroxylation is 3. The van der Waals surface area contributed by atoms with Gasteiger partial charge in [0.25, 0.3) is 11.5 Å². The van der Waals surface area contributed by atoms with Gasteiger partial charge in [-0.25, -0.2) is 9.47 Å². The van der Waals surface area contributed by atoms with Gasteiger partial charge in [-0.1, -0.05) is 12.1 Å². The molecule has 0 fully saturated rings. The van der Waals surface area contributed by atoms with Crippen molar-refractivity contribution < 1.29 is 9.13 Å². The van der Waals surface area contributed by atoms with Crippen LogP contribution in [0.2, 0.25) is 0 Å². The fourth-order valence-electron chi connectivity index (χ4n) is 4.19. The summed E-state index contributed by atoms with van der Waals surface area (Å²) in [5.74, 6) is 1.22.